The number of hydrogen-bond acceptors (Lipinski definition) is 5. The minimum Gasteiger partial charge on any atom is -0.459 e. The number of aromatic nitrogens is 2. The Morgan fingerprint density at radius 1 is 1.16 bits per heavy atom. The second kappa shape index (κ2) is 8.94. The largest absolute Gasteiger partial charge is 0.459 e. The van der Waals surface area contributed by atoms with Crippen molar-refractivity contribution in [1.29, 1.82) is 0 Å². The maximum atomic E-state index is 13.1. The van der Waals surface area contributed by atoms with E-state index in [0.29, 0.717) is 25.1 Å². The number of nitrogens with zero attached hydrogens (tertiary/aromatic N) is 2. The monoisotopic (exact) mass is 437 g/mol. The van der Waals surface area contributed by atoms with Crippen LogP contribution < -0.4 is 10.9 Å². The van der Waals surface area contributed by atoms with Crippen molar-refractivity contribution < 1.29 is 9.53 Å². The standard InChI is InChI=1S/C24H24ClN3O3/c1-15-10-16(2)12-18(11-15)13-26-22-23(29)28-19(21(25)27-22)8-9-20(28)24(30)31-14-17-6-4-3-5-7-17/h3-7,10-12,20H,8-9,13-14H2,1-2H3,(H,26,27)/t20-/m0/s1. The second-order valence-electron chi connectivity index (χ2n) is 7.87. The summed E-state index contributed by atoms with van der Waals surface area (Å²) < 4.78 is 6.91. The summed E-state index contributed by atoms with van der Waals surface area (Å²) in [5.41, 5.74) is 4.45. The van der Waals surface area contributed by atoms with Gasteiger partial charge in [0.15, 0.2) is 11.0 Å². The highest BCUT2D eigenvalue weighted by molar-refractivity contribution is 6.30. The number of carbonyl (C=O) groups is 1. The van der Waals surface area contributed by atoms with E-state index in [1.165, 1.54) is 4.57 Å². The minimum atomic E-state index is -0.700. The number of nitrogens with one attached hydrogen (secondary N) is 1. The van der Waals surface area contributed by atoms with Gasteiger partial charge in [-0.25, -0.2) is 9.78 Å². The Bertz CT molecular complexity index is 1150. The molecule has 0 saturated heterocycles. The average molecular weight is 438 g/mol. The molecule has 160 valence electrons. The van der Waals surface area contributed by atoms with Crippen molar-refractivity contribution in [2.24, 2.45) is 0 Å². The molecule has 0 bridgehead atoms. The number of benzene rings is 2. The van der Waals surface area contributed by atoms with Gasteiger partial charge in [0.05, 0.1) is 5.69 Å². The second-order valence-corrected chi connectivity index (χ2v) is 8.23. The molecule has 0 fully saturated rings. The van der Waals surface area contributed by atoms with Crippen molar-refractivity contribution in [2.75, 3.05) is 5.32 Å². The van der Waals surface area contributed by atoms with Crippen LogP contribution in [-0.4, -0.2) is 15.5 Å². The lowest BCUT2D eigenvalue weighted by Gasteiger charge is -2.16. The van der Waals surface area contributed by atoms with Crippen molar-refractivity contribution in [2.45, 2.75) is 45.9 Å². The van der Waals surface area contributed by atoms with Crippen LogP contribution in [0.2, 0.25) is 5.15 Å². The normalized spacial score (nSPS) is 14.9. The van der Waals surface area contributed by atoms with Gasteiger partial charge in [0.1, 0.15) is 12.6 Å². The molecule has 1 N–H and O–H groups in total. The van der Waals surface area contributed by atoms with Crippen molar-refractivity contribution in [1.82, 2.24) is 9.55 Å². The van der Waals surface area contributed by atoms with E-state index in [1.807, 2.05) is 44.2 Å². The van der Waals surface area contributed by atoms with E-state index in [-0.39, 0.29) is 23.1 Å². The number of esters is 1. The predicted molar refractivity (Wildman–Crippen MR) is 120 cm³/mol. The van der Waals surface area contributed by atoms with Crippen LogP contribution in [0, 0.1) is 13.8 Å². The van der Waals surface area contributed by atoms with E-state index in [2.05, 4.69) is 28.5 Å². The molecule has 0 unspecified atom stereocenters. The molecule has 7 heteroatoms. The molecule has 0 aliphatic carbocycles. The summed E-state index contributed by atoms with van der Waals surface area (Å²) in [6, 6.07) is 14.9. The first-order chi connectivity index (χ1) is 14.9. The van der Waals surface area contributed by atoms with Gasteiger partial charge in [0.2, 0.25) is 0 Å². The Hall–Kier alpha value is -3.12. The number of anilines is 1. The zero-order chi connectivity index (χ0) is 22.0. The molecule has 2 heterocycles. The fourth-order valence-corrected chi connectivity index (χ4v) is 4.29. The van der Waals surface area contributed by atoms with E-state index in [1.54, 1.807) is 0 Å². The molecule has 3 aromatic rings. The summed E-state index contributed by atoms with van der Waals surface area (Å²) in [5.74, 6) is -0.303. The molecule has 0 amide bonds. The van der Waals surface area contributed by atoms with Crippen molar-refractivity contribution in [3.63, 3.8) is 0 Å². The third-order valence-electron chi connectivity index (χ3n) is 5.36. The topological polar surface area (TPSA) is 73.2 Å². The van der Waals surface area contributed by atoms with Crippen molar-refractivity contribution in [3.05, 3.63) is 92.0 Å². The Morgan fingerprint density at radius 3 is 2.58 bits per heavy atom. The molecule has 31 heavy (non-hydrogen) atoms. The quantitative estimate of drug-likeness (QED) is 0.580. The number of aryl methyl sites for hydroxylation is 2. The van der Waals surface area contributed by atoms with Gasteiger partial charge in [-0.2, -0.15) is 0 Å². The van der Waals surface area contributed by atoms with Crippen LogP contribution in [-0.2, 0) is 29.1 Å². The van der Waals surface area contributed by atoms with E-state index in [4.69, 9.17) is 16.3 Å². The first-order valence-electron chi connectivity index (χ1n) is 10.2. The van der Waals surface area contributed by atoms with E-state index in [9.17, 15) is 9.59 Å². The highest BCUT2D eigenvalue weighted by Gasteiger charge is 2.33. The molecule has 2 aromatic carbocycles. The van der Waals surface area contributed by atoms with Crippen LogP contribution in [0.5, 0.6) is 0 Å². The third kappa shape index (κ3) is 4.64. The van der Waals surface area contributed by atoms with Gasteiger partial charge in [0, 0.05) is 6.54 Å². The molecule has 1 atom stereocenters. The highest BCUT2D eigenvalue weighted by Crippen LogP contribution is 2.30. The predicted octanol–water partition coefficient (Wildman–Crippen LogP) is 4.36. The molecular formula is C24H24ClN3O3. The Labute approximate surface area is 185 Å². The molecule has 0 radical (unpaired) electrons. The van der Waals surface area contributed by atoms with Crippen molar-refractivity contribution in [3.8, 4) is 0 Å². The van der Waals surface area contributed by atoms with E-state index in [0.717, 1.165) is 22.3 Å². The molecule has 0 spiro atoms. The lowest BCUT2D eigenvalue weighted by Crippen LogP contribution is -2.31. The summed E-state index contributed by atoms with van der Waals surface area (Å²) in [5, 5.41) is 3.33. The van der Waals surface area contributed by atoms with Gasteiger partial charge in [-0.05, 0) is 37.8 Å². The minimum absolute atomic E-state index is 0.135. The SMILES string of the molecule is Cc1cc(C)cc(CNc2nc(Cl)c3n(c2=O)[C@H](C(=O)OCc2ccccc2)CC3)c1. The summed E-state index contributed by atoms with van der Waals surface area (Å²) >= 11 is 6.36. The maximum Gasteiger partial charge on any atom is 0.329 e. The summed E-state index contributed by atoms with van der Waals surface area (Å²) in [6.45, 7) is 4.66. The molecule has 0 saturated carbocycles. The van der Waals surface area contributed by atoms with Crippen LogP contribution in [0.15, 0.2) is 53.3 Å². The van der Waals surface area contributed by atoms with Gasteiger partial charge in [-0.1, -0.05) is 71.3 Å². The average Bonchev–Trinajstić information content (AvgIpc) is 3.20. The molecule has 6 nitrogen and oxygen atoms in total. The van der Waals surface area contributed by atoms with E-state index < -0.39 is 12.0 Å². The van der Waals surface area contributed by atoms with E-state index >= 15 is 0 Å². The Morgan fingerprint density at radius 2 is 1.87 bits per heavy atom. The van der Waals surface area contributed by atoms with Crippen LogP contribution in [0.1, 0.15) is 40.4 Å². The van der Waals surface area contributed by atoms with Gasteiger partial charge >= 0.3 is 5.97 Å². The van der Waals surface area contributed by atoms with Gasteiger partial charge in [-0.3, -0.25) is 9.36 Å². The number of rotatable bonds is 6. The zero-order valence-electron chi connectivity index (χ0n) is 17.5. The van der Waals surface area contributed by atoms with Gasteiger partial charge in [-0.15, -0.1) is 0 Å². The lowest BCUT2D eigenvalue weighted by atomic mass is 10.1. The summed E-state index contributed by atoms with van der Waals surface area (Å²) in [4.78, 5) is 30.1. The molecule has 1 aromatic heterocycles. The fourth-order valence-electron chi connectivity index (χ4n) is 4.02. The smallest absolute Gasteiger partial charge is 0.329 e. The Balaban J connectivity index is 1.54. The number of hydrogen-bond donors (Lipinski definition) is 1. The fraction of sp³-hybridized carbons (Fsp3) is 0.292. The molecule has 1 aliphatic rings. The summed E-state index contributed by atoms with van der Waals surface area (Å²) in [7, 11) is 0. The maximum absolute atomic E-state index is 13.1. The lowest BCUT2D eigenvalue weighted by molar-refractivity contribution is -0.148. The number of ether oxygens (including phenoxy) is 1. The van der Waals surface area contributed by atoms with Crippen molar-refractivity contribution >= 4 is 23.4 Å². The first-order valence-corrected chi connectivity index (χ1v) is 10.6. The van der Waals surface area contributed by atoms with Crippen LogP contribution in [0.25, 0.3) is 0 Å². The van der Waals surface area contributed by atoms with Crippen LogP contribution in [0.3, 0.4) is 0 Å². The molecule has 1 aliphatic heterocycles. The summed E-state index contributed by atoms with van der Waals surface area (Å²) in [6.07, 6.45) is 0.967. The highest BCUT2D eigenvalue weighted by atomic mass is 35.5. The Kier molecular flexibility index (Phi) is 6.09. The van der Waals surface area contributed by atoms with Gasteiger partial charge < -0.3 is 10.1 Å². The third-order valence-corrected chi connectivity index (χ3v) is 5.67. The van der Waals surface area contributed by atoms with Gasteiger partial charge in [0.25, 0.3) is 5.56 Å². The zero-order valence-corrected chi connectivity index (χ0v) is 18.3. The molecule has 4 rings (SSSR count). The van der Waals surface area contributed by atoms with Crippen LogP contribution >= 0.6 is 11.6 Å². The number of carbonyl (C=O) groups excluding carboxylic acids is 1. The number of fused-ring (bicyclic) bond motifs is 1. The first kappa shape index (κ1) is 21.1. The number of halogens is 1. The van der Waals surface area contributed by atoms with Crippen LogP contribution in [0.4, 0.5) is 5.82 Å². The molecular weight excluding hydrogens is 414 g/mol.